The highest BCUT2D eigenvalue weighted by molar-refractivity contribution is 5.90. The summed E-state index contributed by atoms with van der Waals surface area (Å²) in [6.45, 7) is 6.44. The van der Waals surface area contributed by atoms with Crippen molar-refractivity contribution in [3.63, 3.8) is 0 Å². The normalized spacial score (nSPS) is 14.5. The van der Waals surface area contributed by atoms with Crippen LogP contribution in [0.5, 0.6) is 0 Å². The number of fused-ring (bicyclic) bond motifs is 1. The van der Waals surface area contributed by atoms with E-state index in [1.165, 1.54) is 18.5 Å². The molecule has 1 aliphatic heterocycles. The number of ether oxygens (including phenoxy) is 1. The zero-order valence-corrected chi connectivity index (χ0v) is 16.8. The van der Waals surface area contributed by atoms with E-state index >= 15 is 0 Å². The van der Waals surface area contributed by atoms with Gasteiger partial charge in [-0.25, -0.2) is 23.5 Å². The van der Waals surface area contributed by atoms with Gasteiger partial charge >= 0.3 is 6.09 Å². The van der Waals surface area contributed by atoms with Crippen LogP contribution in [0.25, 0.3) is 10.9 Å². The van der Waals surface area contributed by atoms with Gasteiger partial charge in [0.2, 0.25) is 0 Å². The van der Waals surface area contributed by atoms with Gasteiger partial charge in [-0.3, -0.25) is 4.98 Å². The van der Waals surface area contributed by atoms with E-state index in [4.69, 9.17) is 4.74 Å². The van der Waals surface area contributed by atoms with E-state index in [9.17, 15) is 13.6 Å². The van der Waals surface area contributed by atoms with Gasteiger partial charge in [-0.05, 0) is 39.0 Å². The Balaban J connectivity index is 1.55. The molecule has 0 radical (unpaired) electrons. The predicted octanol–water partition coefficient (Wildman–Crippen LogP) is 4.38. The number of amides is 1. The summed E-state index contributed by atoms with van der Waals surface area (Å²) in [6.07, 6.45) is 2.58. The number of pyridine rings is 1. The fourth-order valence-electron chi connectivity index (χ4n) is 3.17. The van der Waals surface area contributed by atoms with Crippen molar-refractivity contribution < 1.29 is 18.3 Å². The molecule has 1 aliphatic rings. The van der Waals surface area contributed by atoms with Crippen LogP contribution >= 0.6 is 0 Å². The highest BCUT2D eigenvalue weighted by atomic mass is 19.2. The van der Waals surface area contributed by atoms with Crippen LogP contribution in [0.4, 0.5) is 25.1 Å². The van der Waals surface area contributed by atoms with Crippen molar-refractivity contribution in [3.05, 3.63) is 54.1 Å². The molecule has 0 saturated carbocycles. The van der Waals surface area contributed by atoms with Gasteiger partial charge in [0.1, 0.15) is 17.7 Å². The molecule has 0 unspecified atom stereocenters. The molecule has 0 atom stereocenters. The number of nitrogens with zero attached hydrogens (tertiary/aromatic N) is 4. The fraction of sp³-hybridized carbons (Fsp3) is 0.333. The second-order valence-electron chi connectivity index (χ2n) is 8.16. The minimum Gasteiger partial charge on any atom is -0.444 e. The Kier molecular flexibility index (Phi) is 4.97. The first-order valence-corrected chi connectivity index (χ1v) is 9.51. The lowest BCUT2D eigenvalue weighted by Gasteiger charge is -2.39. The van der Waals surface area contributed by atoms with Gasteiger partial charge in [0.05, 0.1) is 17.4 Å². The van der Waals surface area contributed by atoms with E-state index in [0.717, 1.165) is 11.8 Å². The third-order valence-electron chi connectivity index (χ3n) is 4.70. The fourth-order valence-corrected chi connectivity index (χ4v) is 3.17. The van der Waals surface area contributed by atoms with Crippen LogP contribution in [0.3, 0.4) is 0 Å². The van der Waals surface area contributed by atoms with E-state index in [-0.39, 0.29) is 17.7 Å². The molecule has 1 aromatic carbocycles. The highest BCUT2D eigenvalue weighted by Gasteiger charge is 2.35. The summed E-state index contributed by atoms with van der Waals surface area (Å²) in [4.78, 5) is 26.6. The molecule has 3 heterocycles. The summed E-state index contributed by atoms with van der Waals surface area (Å²) in [5.74, 6) is -1.54. The number of likely N-dealkylation sites (tertiary alicyclic amines) is 1. The molecular weight excluding hydrogens is 392 g/mol. The van der Waals surface area contributed by atoms with Crippen LogP contribution < -0.4 is 5.32 Å². The monoisotopic (exact) mass is 413 g/mol. The Bertz CT molecular complexity index is 1110. The average Bonchev–Trinajstić information content (AvgIpc) is 2.63. The van der Waals surface area contributed by atoms with Crippen LogP contribution in [-0.4, -0.2) is 44.6 Å². The minimum absolute atomic E-state index is 0.0203. The van der Waals surface area contributed by atoms with Crippen LogP contribution in [0.1, 0.15) is 32.4 Å². The lowest BCUT2D eigenvalue weighted by atomic mass is 9.95. The van der Waals surface area contributed by atoms with Gasteiger partial charge in [0.15, 0.2) is 11.6 Å². The molecule has 4 rings (SSSR count). The van der Waals surface area contributed by atoms with Crippen LogP contribution in [0, 0.1) is 11.6 Å². The van der Waals surface area contributed by atoms with Crippen molar-refractivity contribution in [1.29, 1.82) is 0 Å². The van der Waals surface area contributed by atoms with E-state index in [2.05, 4.69) is 20.3 Å². The summed E-state index contributed by atoms with van der Waals surface area (Å²) < 4.78 is 32.9. The quantitative estimate of drug-likeness (QED) is 0.686. The summed E-state index contributed by atoms with van der Waals surface area (Å²) in [5, 5.41) is 3.46. The first-order valence-electron chi connectivity index (χ1n) is 9.51. The highest BCUT2D eigenvalue weighted by Crippen LogP contribution is 2.31. The molecular formula is C21H21F2N5O2. The third-order valence-corrected chi connectivity index (χ3v) is 4.70. The summed E-state index contributed by atoms with van der Waals surface area (Å²) in [5.41, 5.74) is 0.761. The van der Waals surface area contributed by atoms with Gasteiger partial charge < -0.3 is 15.0 Å². The number of carbonyl (C=O) groups is 1. The van der Waals surface area contributed by atoms with Crippen LogP contribution in [-0.2, 0) is 4.74 Å². The van der Waals surface area contributed by atoms with E-state index < -0.39 is 17.2 Å². The molecule has 2 aromatic heterocycles. The number of hydrogen-bond donors (Lipinski definition) is 1. The molecule has 9 heteroatoms. The van der Waals surface area contributed by atoms with Gasteiger partial charge in [-0.1, -0.05) is 6.07 Å². The summed E-state index contributed by atoms with van der Waals surface area (Å²) >= 11 is 0. The number of anilines is 2. The Morgan fingerprint density at radius 1 is 1.20 bits per heavy atom. The van der Waals surface area contributed by atoms with Crippen molar-refractivity contribution in [3.8, 4) is 0 Å². The van der Waals surface area contributed by atoms with Crippen molar-refractivity contribution in [1.82, 2.24) is 19.9 Å². The standard InChI is InChI=1S/C21H21F2N5O2/c1-21(2,3)30-20(29)28-9-12(10-28)16-7-13-17(8-24-16)25-11-26-19(13)27-15-6-4-5-14(22)18(15)23/h4-8,11-12H,9-10H2,1-3H3,(H,25,26,27). The molecule has 0 aliphatic carbocycles. The van der Waals surface area contributed by atoms with Gasteiger partial charge in [-0.2, -0.15) is 0 Å². The molecule has 1 N–H and O–H groups in total. The molecule has 30 heavy (non-hydrogen) atoms. The maximum Gasteiger partial charge on any atom is 0.410 e. The first kappa shape index (κ1) is 19.9. The van der Waals surface area contributed by atoms with Gasteiger partial charge in [-0.15, -0.1) is 0 Å². The summed E-state index contributed by atoms with van der Waals surface area (Å²) in [6, 6.07) is 5.70. The maximum absolute atomic E-state index is 14.1. The number of hydrogen-bond acceptors (Lipinski definition) is 6. The predicted molar refractivity (Wildman–Crippen MR) is 108 cm³/mol. The molecule has 1 fully saturated rings. The second kappa shape index (κ2) is 7.47. The van der Waals surface area contributed by atoms with Crippen molar-refractivity contribution in [2.75, 3.05) is 18.4 Å². The number of benzene rings is 1. The number of aromatic nitrogens is 3. The molecule has 0 spiro atoms. The van der Waals surface area contributed by atoms with Crippen LogP contribution in [0.15, 0.2) is 36.8 Å². The number of rotatable bonds is 3. The van der Waals surface area contributed by atoms with E-state index in [1.54, 1.807) is 11.1 Å². The molecule has 1 saturated heterocycles. The molecule has 3 aromatic rings. The Labute approximate surface area is 172 Å². The largest absolute Gasteiger partial charge is 0.444 e. The number of nitrogens with one attached hydrogen (secondary N) is 1. The van der Waals surface area contributed by atoms with Gasteiger partial charge in [0.25, 0.3) is 0 Å². The number of carbonyl (C=O) groups excluding carboxylic acids is 1. The van der Waals surface area contributed by atoms with Crippen molar-refractivity contribution >= 4 is 28.5 Å². The van der Waals surface area contributed by atoms with E-state index in [1.807, 2.05) is 26.8 Å². The maximum atomic E-state index is 14.1. The van der Waals surface area contributed by atoms with Gasteiger partial charge in [0, 0.05) is 30.1 Å². The van der Waals surface area contributed by atoms with Crippen molar-refractivity contribution in [2.45, 2.75) is 32.3 Å². The molecule has 0 bridgehead atoms. The number of halogens is 2. The Morgan fingerprint density at radius 2 is 1.97 bits per heavy atom. The topological polar surface area (TPSA) is 80.2 Å². The minimum atomic E-state index is -0.981. The van der Waals surface area contributed by atoms with Crippen molar-refractivity contribution in [2.24, 2.45) is 0 Å². The molecule has 7 nitrogen and oxygen atoms in total. The smallest absolute Gasteiger partial charge is 0.410 e. The first-order chi connectivity index (χ1) is 14.2. The molecule has 1 amide bonds. The zero-order chi connectivity index (χ0) is 21.5. The lowest BCUT2D eigenvalue weighted by Crippen LogP contribution is -2.50. The lowest BCUT2D eigenvalue weighted by molar-refractivity contribution is 0.00789. The molecule has 156 valence electrons. The Hall–Kier alpha value is -3.36. The third kappa shape index (κ3) is 4.00. The SMILES string of the molecule is CC(C)(C)OC(=O)N1CC(c2cc3c(Nc4cccc(F)c4F)ncnc3cn2)C1. The van der Waals surface area contributed by atoms with Crippen LogP contribution in [0.2, 0.25) is 0 Å². The summed E-state index contributed by atoms with van der Waals surface area (Å²) in [7, 11) is 0. The zero-order valence-electron chi connectivity index (χ0n) is 16.8. The average molecular weight is 413 g/mol. The second-order valence-corrected chi connectivity index (χ2v) is 8.16. The Morgan fingerprint density at radius 3 is 2.70 bits per heavy atom. The van der Waals surface area contributed by atoms with E-state index in [0.29, 0.717) is 29.8 Å².